The topological polar surface area (TPSA) is 0 Å². The van der Waals surface area contributed by atoms with Gasteiger partial charge in [0, 0.05) is 10.4 Å². The molecule has 0 aliphatic rings. The van der Waals surface area contributed by atoms with E-state index in [1.54, 1.807) is 0 Å². The molecule has 18 heavy (non-hydrogen) atoms. The van der Waals surface area contributed by atoms with Gasteiger partial charge in [0.15, 0.2) is 0 Å². The van der Waals surface area contributed by atoms with Crippen LogP contribution in [0, 0.1) is 5.92 Å². The Morgan fingerprint density at radius 1 is 0.833 bits per heavy atom. The second-order valence-corrected chi connectivity index (χ2v) is 5.62. The van der Waals surface area contributed by atoms with E-state index in [2.05, 4.69) is 58.4 Å². The SMILES string of the molecule is Clc1ccc(CC(CBr)Cc2ccccc2)cc1. The number of benzene rings is 2. The van der Waals surface area contributed by atoms with Gasteiger partial charge < -0.3 is 0 Å². The molecule has 0 saturated heterocycles. The fourth-order valence-corrected chi connectivity index (χ4v) is 2.67. The van der Waals surface area contributed by atoms with Crippen molar-refractivity contribution in [1.82, 2.24) is 0 Å². The van der Waals surface area contributed by atoms with Crippen LogP contribution in [0.1, 0.15) is 11.1 Å². The molecule has 2 aromatic rings. The van der Waals surface area contributed by atoms with Crippen molar-refractivity contribution in [1.29, 1.82) is 0 Å². The third kappa shape index (κ3) is 4.15. The molecule has 0 aromatic heterocycles. The summed E-state index contributed by atoms with van der Waals surface area (Å²) in [5.41, 5.74) is 2.75. The lowest BCUT2D eigenvalue weighted by Crippen LogP contribution is -2.09. The van der Waals surface area contributed by atoms with Crippen LogP contribution in [-0.4, -0.2) is 5.33 Å². The van der Waals surface area contributed by atoms with Gasteiger partial charge in [0.2, 0.25) is 0 Å². The highest BCUT2D eigenvalue weighted by Crippen LogP contribution is 2.18. The molecule has 0 N–H and O–H groups in total. The van der Waals surface area contributed by atoms with Crippen molar-refractivity contribution < 1.29 is 0 Å². The number of alkyl halides is 1. The predicted octanol–water partition coefficient (Wildman–Crippen LogP) is 5.14. The molecule has 0 nitrogen and oxygen atoms in total. The van der Waals surface area contributed by atoms with Gasteiger partial charge in [-0.2, -0.15) is 0 Å². The van der Waals surface area contributed by atoms with Crippen LogP contribution < -0.4 is 0 Å². The Morgan fingerprint density at radius 3 is 1.94 bits per heavy atom. The van der Waals surface area contributed by atoms with Crippen LogP contribution in [0.15, 0.2) is 54.6 Å². The highest BCUT2D eigenvalue weighted by atomic mass is 79.9. The lowest BCUT2D eigenvalue weighted by molar-refractivity contribution is 0.591. The molecular formula is C16H16BrCl. The smallest absolute Gasteiger partial charge is 0.0406 e. The molecule has 0 amide bonds. The molecule has 0 spiro atoms. The first-order valence-electron chi connectivity index (χ1n) is 6.12. The third-order valence-corrected chi connectivity index (χ3v) is 4.19. The molecule has 2 rings (SSSR count). The maximum atomic E-state index is 5.90. The number of rotatable bonds is 5. The van der Waals surface area contributed by atoms with E-state index >= 15 is 0 Å². The fourth-order valence-electron chi connectivity index (χ4n) is 2.08. The summed E-state index contributed by atoms with van der Waals surface area (Å²) in [4.78, 5) is 0. The van der Waals surface area contributed by atoms with Gasteiger partial charge in [-0.25, -0.2) is 0 Å². The zero-order chi connectivity index (χ0) is 12.8. The van der Waals surface area contributed by atoms with Gasteiger partial charge in [-0.15, -0.1) is 0 Å². The summed E-state index contributed by atoms with van der Waals surface area (Å²) < 4.78 is 0. The van der Waals surface area contributed by atoms with E-state index in [1.807, 2.05) is 12.1 Å². The molecule has 0 fully saturated rings. The minimum atomic E-state index is 0.619. The van der Waals surface area contributed by atoms with Crippen LogP contribution in [0.2, 0.25) is 5.02 Å². The maximum Gasteiger partial charge on any atom is 0.0406 e. The summed E-state index contributed by atoms with van der Waals surface area (Å²) in [5.74, 6) is 0.619. The first-order chi connectivity index (χ1) is 8.78. The summed E-state index contributed by atoms with van der Waals surface area (Å²) in [6.45, 7) is 0. The molecule has 0 aliphatic carbocycles. The number of halogens is 2. The molecule has 94 valence electrons. The molecule has 0 aliphatic heterocycles. The summed E-state index contributed by atoms with van der Waals surface area (Å²) >= 11 is 9.52. The molecule has 0 heterocycles. The Labute approximate surface area is 122 Å². The molecule has 0 radical (unpaired) electrons. The van der Waals surface area contributed by atoms with E-state index in [0.29, 0.717) is 5.92 Å². The van der Waals surface area contributed by atoms with E-state index in [0.717, 1.165) is 23.2 Å². The lowest BCUT2D eigenvalue weighted by atomic mass is 9.94. The van der Waals surface area contributed by atoms with Crippen LogP contribution >= 0.6 is 27.5 Å². The normalized spacial score (nSPS) is 12.3. The van der Waals surface area contributed by atoms with E-state index in [1.165, 1.54) is 11.1 Å². The van der Waals surface area contributed by atoms with Crippen molar-refractivity contribution in [3.63, 3.8) is 0 Å². The van der Waals surface area contributed by atoms with E-state index in [-0.39, 0.29) is 0 Å². The van der Waals surface area contributed by atoms with Crippen LogP contribution in [-0.2, 0) is 12.8 Å². The van der Waals surface area contributed by atoms with Gasteiger partial charge in [-0.1, -0.05) is 70.0 Å². The third-order valence-electron chi connectivity index (χ3n) is 3.02. The first-order valence-corrected chi connectivity index (χ1v) is 7.62. The Morgan fingerprint density at radius 2 is 1.39 bits per heavy atom. The zero-order valence-electron chi connectivity index (χ0n) is 10.2. The molecule has 2 aromatic carbocycles. The number of hydrogen-bond acceptors (Lipinski definition) is 0. The standard InChI is InChI=1S/C16H16BrCl/c17-12-15(10-13-4-2-1-3-5-13)11-14-6-8-16(18)9-7-14/h1-9,15H,10-12H2. The monoisotopic (exact) mass is 322 g/mol. The Balaban J connectivity index is 1.99. The van der Waals surface area contributed by atoms with Crippen molar-refractivity contribution in [2.45, 2.75) is 12.8 Å². The fraction of sp³-hybridized carbons (Fsp3) is 0.250. The van der Waals surface area contributed by atoms with Crippen LogP contribution in [0.5, 0.6) is 0 Å². The van der Waals surface area contributed by atoms with Crippen molar-refractivity contribution >= 4 is 27.5 Å². The molecule has 1 unspecified atom stereocenters. The summed E-state index contributed by atoms with van der Waals surface area (Å²) in [5, 5.41) is 1.82. The molecule has 1 atom stereocenters. The minimum Gasteiger partial charge on any atom is -0.0925 e. The highest BCUT2D eigenvalue weighted by molar-refractivity contribution is 9.09. The van der Waals surface area contributed by atoms with E-state index in [4.69, 9.17) is 11.6 Å². The van der Waals surface area contributed by atoms with E-state index in [9.17, 15) is 0 Å². The maximum absolute atomic E-state index is 5.90. The summed E-state index contributed by atoms with van der Waals surface area (Å²) in [6.07, 6.45) is 2.19. The average Bonchev–Trinajstić information content (AvgIpc) is 2.41. The lowest BCUT2D eigenvalue weighted by Gasteiger charge is -2.14. The van der Waals surface area contributed by atoms with Crippen molar-refractivity contribution in [3.05, 3.63) is 70.7 Å². The van der Waals surface area contributed by atoms with Gasteiger partial charge in [-0.05, 0) is 42.0 Å². The molecule has 0 bridgehead atoms. The average molecular weight is 324 g/mol. The quantitative estimate of drug-likeness (QED) is 0.669. The van der Waals surface area contributed by atoms with Crippen LogP contribution in [0.4, 0.5) is 0 Å². The molecular weight excluding hydrogens is 308 g/mol. The largest absolute Gasteiger partial charge is 0.0925 e. The minimum absolute atomic E-state index is 0.619. The Bertz CT molecular complexity index is 464. The Hall–Kier alpha value is -0.790. The van der Waals surface area contributed by atoms with Crippen molar-refractivity contribution in [3.8, 4) is 0 Å². The van der Waals surface area contributed by atoms with Crippen LogP contribution in [0.3, 0.4) is 0 Å². The highest BCUT2D eigenvalue weighted by Gasteiger charge is 2.09. The van der Waals surface area contributed by atoms with Gasteiger partial charge in [0.1, 0.15) is 0 Å². The predicted molar refractivity (Wildman–Crippen MR) is 82.6 cm³/mol. The van der Waals surface area contributed by atoms with Gasteiger partial charge >= 0.3 is 0 Å². The van der Waals surface area contributed by atoms with E-state index < -0.39 is 0 Å². The van der Waals surface area contributed by atoms with Crippen LogP contribution in [0.25, 0.3) is 0 Å². The zero-order valence-corrected chi connectivity index (χ0v) is 12.5. The van der Waals surface area contributed by atoms with Gasteiger partial charge in [-0.3, -0.25) is 0 Å². The second kappa shape index (κ2) is 6.96. The molecule has 0 saturated carbocycles. The Kier molecular flexibility index (Phi) is 5.27. The van der Waals surface area contributed by atoms with Crippen molar-refractivity contribution in [2.24, 2.45) is 5.92 Å². The summed E-state index contributed by atoms with van der Waals surface area (Å²) in [6, 6.07) is 18.8. The van der Waals surface area contributed by atoms with Crippen molar-refractivity contribution in [2.75, 3.05) is 5.33 Å². The van der Waals surface area contributed by atoms with Gasteiger partial charge in [0.05, 0.1) is 0 Å². The van der Waals surface area contributed by atoms with Gasteiger partial charge in [0.25, 0.3) is 0 Å². The first kappa shape index (κ1) is 13.6. The summed E-state index contributed by atoms with van der Waals surface area (Å²) in [7, 11) is 0. The molecule has 2 heteroatoms. The number of hydrogen-bond donors (Lipinski definition) is 0. The second-order valence-electron chi connectivity index (χ2n) is 4.54.